The van der Waals surface area contributed by atoms with Crippen LogP contribution in [0.5, 0.6) is 0 Å². The van der Waals surface area contributed by atoms with Crippen LogP contribution in [0.15, 0.2) is 28.8 Å². The number of hydrogen-bond acceptors (Lipinski definition) is 6. The van der Waals surface area contributed by atoms with Crippen molar-refractivity contribution < 1.29 is 18.7 Å². The lowest BCUT2D eigenvalue weighted by Gasteiger charge is -2.21. The number of hydrogen-bond donors (Lipinski definition) is 3. The molecule has 0 radical (unpaired) electrons. The summed E-state index contributed by atoms with van der Waals surface area (Å²) in [6.07, 6.45) is 4.32. The minimum absolute atomic E-state index is 0.0388. The summed E-state index contributed by atoms with van der Waals surface area (Å²) in [6, 6.07) is 3.99. The van der Waals surface area contributed by atoms with E-state index >= 15 is 0 Å². The molecule has 2 heterocycles. The van der Waals surface area contributed by atoms with Gasteiger partial charge in [-0.15, -0.1) is 0 Å². The summed E-state index contributed by atoms with van der Waals surface area (Å²) in [5.41, 5.74) is 6.49. The van der Waals surface area contributed by atoms with Crippen LogP contribution in [-0.2, 0) is 12.6 Å². The van der Waals surface area contributed by atoms with Crippen LogP contribution >= 0.6 is 11.6 Å². The first kappa shape index (κ1) is 21.9. The summed E-state index contributed by atoms with van der Waals surface area (Å²) in [4.78, 5) is 17.4. The van der Waals surface area contributed by atoms with Gasteiger partial charge in [-0.1, -0.05) is 11.6 Å². The lowest BCUT2D eigenvalue weighted by atomic mass is 9.91. The number of aliphatic hydroxyl groups is 1. The maximum Gasteiger partial charge on any atom is 0.261 e. The Morgan fingerprint density at radius 1 is 1.36 bits per heavy atom. The van der Waals surface area contributed by atoms with Crippen molar-refractivity contribution in [1.29, 1.82) is 0 Å². The van der Waals surface area contributed by atoms with Crippen LogP contribution in [0.3, 0.4) is 0 Å². The number of benzene rings is 1. The molecule has 8 nitrogen and oxygen atoms in total. The third kappa shape index (κ3) is 3.79. The highest BCUT2D eigenvalue weighted by Gasteiger charge is 2.52. The number of aryl methyl sites for hydroxylation is 2. The summed E-state index contributed by atoms with van der Waals surface area (Å²) in [5, 5.41) is 18.4. The number of amides is 1. The first-order chi connectivity index (χ1) is 15.6. The van der Waals surface area contributed by atoms with Gasteiger partial charge < -0.3 is 20.6 Å². The topological polar surface area (TPSA) is 119 Å². The Bertz CT molecular complexity index is 1220. The quantitative estimate of drug-likeness (QED) is 0.524. The van der Waals surface area contributed by atoms with Crippen molar-refractivity contribution in [3.05, 3.63) is 58.1 Å². The molecule has 2 aliphatic carbocycles. The predicted octanol–water partition coefficient (Wildman–Crippen LogP) is 4.13. The van der Waals surface area contributed by atoms with E-state index in [-0.39, 0.29) is 28.6 Å². The van der Waals surface area contributed by atoms with Crippen molar-refractivity contribution in [2.24, 2.45) is 18.9 Å². The van der Waals surface area contributed by atoms with E-state index in [0.29, 0.717) is 41.4 Å². The van der Waals surface area contributed by atoms with Crippen LogP contribution in [0.25, 0.3) is 0 Å². The van der Waals surface area contributed by atoms with Gasteiger partial charge in [0.15, 0.2) is 0 Å². The molecule has 3 aromatic rings. The Labute approximate surface area is 194 Å². The molecular formula is C23H25ClFN5O3. The number of nitrogens with two attached hydrogens (primary N) is 1. The normalized spacial score (nSPS) is 26.5. The highest BCUT2D eigenvalue weighted by atomic mass is 35.5. The van der Waals surface area contributed by atoms with Gasteiger partial charge in [-0.3, -0.25) is 9.48 Å². The summed E-state index contributed by atoms with van der Waals surface area (Å²) in [7, 11) is 1.70. The van der Waals surface area contributed by atoms with Crippen LogP contribution in [0.2, 0.25) is 5.02 Å². The largest absolute Gasteiger partial charge is 0.443 e. The molecule has 1 aromatic carbocycles. The minimum Gasteiger partial charge on any atom is -0.443 e. The zero-order chi connectivity index (χ0) is 23.5. The Kier molecular flexibility index (Phi) is 5.21. The van der Waals surface area contributed by atoms with Crippen molar-refractivity contribution in [2.75, 3.05) is 11.1 Å². The van der Waals surface area contributed by atoms with Crippen molar-refractivity contribution in [2.45, 2.75) is 44.1 Å². The number of carbonyl (C=O) groups is 1. The van der Waals surface area contributed by atoms with E-state index in [2.05, 4.69) is 15.4 Å². The lowest BCUT2D eigenvalue weighted by molar-refractivity contribution is 0.00684. The van der Waals surface area contributed by atoms with E-state index in [0.717, 1.165) is 12.8 Å². The van der Waals surface area contributed by atoms with E-state index in [1.807, 2.05) is 6.92 Å². The van der Waals surface area contributed by atoms with Gasteiger partial charge in [-0.05, 0) is 62.6 Å². The minimum atomic E-state index is -1.06. The SMILES string of the molecule is Cc1cnc(C2(O)CC3CC(c4nn(C)c(N)c4C(=O)Nc4ccc(F)c(Cl)c4)CC3C2)o1. The number of anilines is 2. The maximum atomic E-state index is 13.5. The second kappa shape index (κ2) is 7.85. The number of aromatic nitrogens is 3. The van der Waals surface area contributed by atoms with Gasteiger partial charge >= 0.3 is 0 Å². The van der Waals surface area contributed by atoms with Crippen molar-refractivity contribution in [1.82, 2.24) is 14.8 Å². The van der Waals surface area contributed by atoms with Crippen LogP contribution in [0.4, 0.5) is 15.9 Å². The highest BCUT2D eigenvalue weighted by Crippen LogP contribution is 2.56. The number of nitrogen functional groups attached to an aromatic ring is 1. The Morgan fingerprint density at radius 2 is 2.06 bits per heavy atom. The molecule has 5 rings (SSSR count). The fraction of sp³-hybridized carbons (Fsp3) is 0.435. The molecule has 33 heavy (non-hydrogen) atoms. The third-order valence-corrected chi connectivity index (χ3v) is 7.26. The Hall–Kier alpha value is -2.91. The smallest absolute Gasteiger partial charge is 0.261 e. The van der Waals surface area contributed by atoms with Gasteiger partial charge in [0.2, 0.25) is 5.89 Å². The molecule has 0 aliphatic heterocycles. The number of oxazole rings is 1. The van der Waals surface area contributed by atoms with Gasteiger partial charge in [0.25, 0.3) is 5.91 Å². The number of nitrogens with zero attached hydrogens (tertiary/aromatic N) is 3. The first-order valence-electron chi connectivity index (χ1n) is 10.9. The van der Waals surface area contributed by atoms with Crippen molar-refractivity contribution in [3.8, 4) is 0 Å². The van der Waals surface area contributed by atoms with E-state index in [4.69, 9.17) is 21.8 Å². The fourth-order valence-corrected chi connectivity index (χ4v) is 5.66. The lowest BCUT2D eigenvalue weighted by Crippen LogP contribution is -2.23. The van der Waals surface area contributed by atoms with Crippen LogP contribution in [0, 0.1) is 24.6 Å². The van der Waals surface area contributed by atoms with Crippen molar-refractivity contribution >= 4 is 29.0 Å². The molecule has 10 heteroatoms. The van der Waals surface area contributed by atoms with Gasteiger partial charge in [0.05, 0.1) is 16.9 Å². The van der Waals surface area contributed by atoms with E-state index in [1.54, 1.807) is 13.2 Å². The molecule has 2 atom stereocenters. The molecule has 2 saturated carbocycles. The second-order valence-corrected chi connectivity index (χ2v) is 9.66. The summed E-state index contributed by atoms with van der Waals surface area (Å²) < 4.78 is 20.6. The zero-order valence-electron chi connectivity index (χ0n) is 18.3. The van der Waals surface area contributed by atoms with Crippen LogP contribution < -0.4 is 11.1 Å². The molecule has 174 valence electrons. The average Bonchev–Trinajstić information content (AvgIpc) is 3.48. The van der Waals surface area contributed by atoms with E-state index in [9.17, 15) is 14.3 Å². The van der Waals surface area contributed by atoms with Crippen molar-refractivity contribution in [3.63, 3.8) is 0 Å². The van der Waals surface area contributed by atoms with Crippen LogP contribution in [0.1, 0.15) is 59.3 Å². The molecule has 0 bridgehead atoms. The van der Waals surface area contributed by atoms with Gasteiger partial charge in [-0.2, -0.15) is 5.10 Å². The number of rotatable bonds is 4. The van der Waals surface area contributed by atoms with Crippen LogP contribution in [-0.4, -0.2) is 25.8 Å². The number of fused-ring (bicyclic) bond motifs is 1. The highest BCUT2D eigenvalue weighted by molar-refractivity contribution is 6.31. The Balaban J connectivity index is 1.36. The number of nitrogens with one attached hydrogen (secondary N) is 1. The fourth-order valence-electron chi connectivity index (χ4n) is 5.47. The predicted molar refractivity (Wildman–Crippen MR) is 120 cm³/mol. The summed E-state index contributed by atoms with van der Waals surface area (Å²) in [6.45, 7) is 1.81. The molecule has 1 amide bonds. The third-order valence-electron chi connectivity index (χ3n) is 6.97. The molecule has 2 fully saturated rings. The average molecular weight is 474 g/mol. The molecular weight excluding hydrogens is 449 g/mol. The summed E-state index contributed by atoms with van der Waals surface area (Å²) >= 11 is 5.84. The molecule has 2 aliphatic rings. The molecule has 4 N–H and O–H groups in total. The molecule has 2 unspecified atom stereocenters. The maximum absolute atomic E-state index is 13.5. The van der Waals surface area contributed by atoms with Gasteiger partial charge in [0.1, 0.15) is 28.6 Å². The first-order valence-corrected chi connectivity index (χ1v) is 11.3. The standard InChI is InChI=1S/C23H25ClFN5O3/c1-11-10-27-22(33-11)23(32)8-13-5-12(6-14(13)9-23)19-18(20(26)30(2)29-19)21(31)28-15-3-4-17(25)16(24)7-15/h3-4,7,10,12-14,32H,5-6,8-9,26H2,1-2H3,(H,28,31). The molecule has 0 spiro atoms. The van der Waals surface area contributed by atoms with E-state index in [1.165, 1.54) is 22.9 Å². The number of carbonyl (C=O) groups excluding carboxylic acids is 1. The molecule has 2 aromatic heterocycles. The number of halogens is 2. The second-order valence-electron chi connectivity index (χ2n) is 9.26. The Morgan fingerprint density at radius 3 is 2.67 bits per heavy atom. The zero-order valence-corrected chi connectivity index (χ0v) is 19.1. The summed E-state index contributed by atoms with van der Waals surface area (Å²) in [5.74, 6) is 0.915. The van der Waals surface area contributed by atoms with Gasteiger partial charge in [0, 0.05) is 18.7 Å². The van der Waals surface area contributed by atoms with E-state index < -0.39 is 17.3 Å². The monoisotopic (exact) mass is 473 g/mol. The van der Waals surface area contributed by atoms with Gasteiger partial charge in [-0.25, -0.2) is 9.37 Å². The molecule has 0 saturated heterocycles.